The number of nitrogens with zero attached hydrogens (tertiary/aromatic N) is 2. The molecule has 0 bridgehead atoms. The molecular formula is C24H26FN5O4S. The second-order valence-corrected chi connectivity index (χ2v) is 8.59. The van der Waals surface area contributed by atoms with Crippen molar-refractivity contribution in [2.75, 3.05) is 30.9 Å². The van der Waals surface area contributed by atoms with Crippen LogP contribution in [-0.4, -0.2) is 42.4 Å². The highest BCUT2D eigenvalue weighted by atomic mass is 32.1. The van der Waals surface area contributed by atoms with Crippen LogP contribution in [0, 0.1) is 19.7 Å². The van der Waals surface area contributed by atoms with Gasteiger partial charge < -0.3 is 21.5 Å². The third kappa shape index (κ3) is 5.64. The van der Waals surface area contributed by atoms with E-state index >= 15 is 0 Å². The lowest BCUT2D eigenvalue weighted by atomic mass is 10.0. The summed E-state index contributed by atoms with van der Waals surface area (Å²) in [5, 5.41) is 2.75. The molecule has 0 radical (unpaired) electrons. The van der Waals surface area contributed by atoms with Crippen molar-refractivity contribution in [2.24, 2.45) is 5.73 Å². The zero-order valence-electron chi connectivity index (χ0n) is 19.5. The zero-order valence-corrected chi connectivity index (χ0v) is 20.3. The lowest BCUT2D eigenvalue weighted by Crippen LogP contribution is -2.44. The van der Waals surface area contributed by atoms with E-state index in [2.05, 4.69) is 9.69 Å². The van der Waals surface area contributed by atoms with E-state index in [0.29, 0.717) is 22.8 Å². The Kier molecular flexibility index (Phi) is 8.15. The first-order chi connectivity index (χ1) is 16.6. The smallest absolute Gasteiger partial charge is 0.273 e. The summed E-state index contributed by atoms with van der Waals surface area (Å²) < 4.78 is 22.6. The molecule has 0 saturated heterocycles. The minimum absolute atomic E-state index is 0.0474. The maximum Gasteiger partial charge on any atom is 0.273 e. The average Bonchev–Trinajstić information content (AvgIpc) is 3.21. The first-order valence-corrected chi connectivity index (χ1v) is 11.4. The van der Waals surface area contributed by atoms with Crippen LogP contribution in [0.25, 0.3) is 0 Å². The highest BCUT2D eigenvalue weighted by Gasteiger charge is 2.36. The number of carbonyl (C=O) groups is 3. The minimum Gasteiger partial charge on any atom is -0.395 e. The maximum absolute atomic E-state index is 13.9. The fourth-order valence-corrected chi connectivity index (χ4v) is 4.18. The first-order valence-electron chi connectivity index (χ1n) is 10.6. The van der Waals surface area contributed by atoms with Crippen molar-refractivity contribution >= 4 is 40.6 Å². The Morgan fingerprint density at radius 3 is 2.40 bits per heavy atom. The zero-order chi connectivity index (χ0) is 25.7. The lowest BCUT2D eigenvalue weighted by molar-refractivity contribution is -0.122. The predicted molar refractivity (Wildman–Crippen MR) is 132 cm³/mol. The van der Waals surface area contributed by atoms with Crippen LogP contribution in [0.15, 0.2) is 42.5 Å². The molecule has 0 spiro atoms. The fourth-order valence-electron chi connectivity index (χ4n) is 3.43. The van der Waals surface area contributed by atoms with Crippen molar-refractivity contribution in [1.82, 2.24) is 9.69 Å². The summed E-state index contributed by atoms with van der Waals surface area (Å²) in [6, 6.07) is 9.37. The molecule has 1 heterocycles. The van der Waals surface area contributed by atoms with Gasteiger partial charge in [-0.25, -0.2) is 4.39 Å². The van der Waals surface area contributed by atoms with Gasteiger partial charge in [0.15, 0.2) is 5.69 Å². The van der Waals surface area contributed by atoms with Gasteiger partial charge in [-0.3, -0.25) is 19.3 Å². The molecule has 2 aromatic carbocycles. The molecule has 0 aliphatic carbocycles. The molecule has 0 aliphatic heterocycles. The number of amides is 3. The predicted octanol–water partition coefficient (Wildman–Crippen LogP) is 2.73. The second kappa shape index (κ2) is 11.1. The number of rotatable bonds is 9. The number of hydrogen-bond donors (Lipinski definition) is 3. The monoisotopic (exact) mass is 499 g/mol. The number of nitrogens with one attached hydrogen (secondary N) is 1. The topological polar surface area (TPSA) is 141 Å². The van der Waals surface area contributed by atoms with Crippen molar-refractivity contribution in [2.45, 2.75) is 19.9 Å². The van der Waals surface area contributed by atoms with E-state index in [0.717, 1.165) is 11.1 Å². The number of halogens is 1. The van der Waals surface area contributed by atoms with Crippen LogP contribution < -0.4 is 21.7 Å². The SMILES string of the molecule is COCCNC(=O)C(c1ccc(F)cc1)N(C(=O)c1snc(C(N)=O)c1N)c1ccc(C)c(C)c1. The quantitative estimate of drug-likeness (QED) is 0.387. The Balaban J connectivity index is 2.20. The highest BCUT2D eigenvalue weighted by Crippen LogP contribution is 2.34. The summed E-state index contributed by atoms with van der Waals surface area (Å²) in [6.45, 7) is 4.24. The number of methoxy groups -OCH3 is 1. The Labute approximate surface area is 206 Å². The fraction of sp³-hybridized carbons (Fsp3) is 0.250. The minimum atomic E-state index is -1.19. The van der Waals surface area contributed by atoms with Gasteiger partial charge in [0.05, 0.1) is 12.3 Å². The van der Waals surface area contributed by atoms with Gasteiger partial charge in [0, 0.05) is 19.3 Å². The van der Waals surface area contributed by atoms with Crippen molar-refractivity contribution in [3.05, 3.63) is 75.5 Å². The van der Waals surface area contributed by atoms with Gasteiger partial charge >= 0.3 is 0 Å². The summed E-state index contributed by atoms with van der Waals surface area (Å²) >= 11 is 0.712. The summed E-state index contributed by atoms with van der Waals surface area (Å²) in [7, 11) is 1.50. The molecule has 1 atom stereocenters. The molecule has 11 heteroatoms. The molecule has 3 rings (SSSR count). The number of benzene rings is 2. The molecule has 184 valence electrons. The molecular weight excluding hydrogens is 473 g/mol. The molecule has 9 nitrogen and oxygen atoms in total. The van der Waals surface area contributed by atoms with Crippen LogP contribution in [0.5, 0.6) is 0 Å². The van der Waals surface area contributed by atoms with E-state index in [1.807, 2.05) is 19.9 Å². The number of primary amides is 1. The van der Waals surface area contributed by atoms with Gasteiger partial charge in [-0.1, -0.05) is 18.2 Å². The van der Waals surface area contributed by atoms with Crippen LogP contribution in [0.4, 0.5) is 15.8 Å². The maximum atomic E-state index is 13.9. The number of aromatic nitrogens is 1. The molecule has 3 aromatic rings. The summed E-state index contributed by atoms with van der Waals surface area (Å²) in [5.74, 6) is -2.54. The van der Waals surface area contributed by atoms with Gasteiger partial charge in [-0.2, -0.15) is 4.37 Å². The van der Waals surface area contributed by atoms with Crippen molar-refractivity contribution in [1.29, 1.82) is 0 Å². The van der Waals surface area contributed by atoms with E-state index < -0.39 is 29.6 Å². The third-order valence-corrected chi connectivity index (χ3v) is 6.29. The Hall–Kier alpha value is -3.83. The molecule has 35 heavy (non-hydrogen) atoms. The number of hydrogen-bond acceptors (Lipinski definition) is 7. The van der Waals surface area contributed by atoms with Gasteiger partial charge in [-0.15, -0.1) is 0 Å². The molecule has 3 amide bonds. The van der Waals surface area contributed by atoms with Crippen LogP contribution in [0.1, 0.15) is 42.9 Å². The molecule has 1 unspecified atom stereocenters. The lowest BCUT2D eigenvalue weighted by Gasteiger charge is -2.31. The number of nitrogen functional groups attached to an aromatic ring is 1. The normalized spacial score (nSPS) is 11.7. The highest BCUT2D eigenvalue weighted by molar-refractivity contribution is 7.09. The Bertz CT molecular complexity index is 1250. The number of carbonyl (C=O) groups excluding carboxylic acids is 3. The van der Waals surface area contributed by atoms with Crippen LogP contribution in [-0.2, 0) is 9.53 Å². The average molecular weight is 500 g/mol. The van der Waals surface area contributed by atoms with E-state index in [4.69, 9.17) is 16.2 Å². The molecule has 5 N–H and O–H groups in total. The summed E-state index contributed by atoms with van der Waals surface area (Å²) in [6.07, 6.45) is 0. The Morgan fingerprint density at radius 1 is 1.14 bits per heavy atom. The molecule has 0 saturated carbocycles. The van der Waals surface area contributed by atoms with Crippen LogP contribution in [0.2, 0.25) is 0 Å². The van der Waals surface area contributed by atoms with Crippen molar-refractivity contribution in [3.63, 3.8) is 0 Å². The summed E-state index contributed by atoms with van der Waals surface area (Å²) in [4.78, 5) is 40.2. The van der Waals surface area contributed by atoms with E-state index in [1.165, 1.54) is 36.3 Å². The number of ether oxygens (including phenoxy) is 1. The number of aryl methyl sites for hydroxylation is 2. The molecule has 1 aromatic heterocycles. The van der Waals surface area contributed by atoms with Crippen molar-refractivity contribution in [3.8, 4) is 0 Å². The first kappa shape index (κ1) is 25.8. The standard InChI is InChI=1S/C24H26FN5O4S/c1-13-4-9-17(12-14(13)2)30(24(33)21-18(26)19(22(27)31)29-35-21)20(23(32)28-10-11-34-3)15-5-7-16(25)8-6-15/h4-9,12,20H,10-11,26H2,1-3H3,(H2,27,31)(H,28,32). The number of nitrogens with two attached hydrogens (primary N) is 2. The van der Waals surface area contributed by atoms with Crippen molar-refractivity contribution < 1.29 is 23.5 Å². The van der Waals surface area contributed by atoms with E-state index in [-0.39, 0.29) is 29.4 Å². The van der Waals surface area contributed by atoms with Gasteiger partial charge in [0.25, 0.3) is 11.8 Å². The van der Waals surface area contributed by atoms with Gasteiger partial charge in [0.1, 0.15) is 16.7 Å². The van der Waals surface area contributed by atoms with Crippen LogP contribution in [0.3, 0.4) is 0 Å². The molecule has 0 aliphatic rings. The van der Waals surface area contributed by atoms with Crippen LogP contribution >= 0.6 is 11.5 Å². The van der Waals surface area contributed by atoms with Gasteiger partial charge in [0.2, 0.25) is 5.91 Å². The van der Waals surface area contributed by atoms with E-state index in [9.17, 15) is 18.8 Å². The number of anilines is 2. The largest absolute Gasteiger partial charge is 0.395 e. The third-order valence-electron chi connectivity index (χ3n) is 5.44. The summed E-state index contributed by atoms with van der Waals surface area (Å²) in [5.41, 5.74) is 13.6. The second-order valence-electron chi connectivity index (χ2n) is 7.82. The van der Waals surface area contributed by atoms with E-state index in [1.54, 1.807) is 12.1 Å². The van der Waals surface area contributed by atoms with Gasteiger partial charge in [-0.05, 0) is 66.3 Å². The Morgan fingerprint density at radius 2 is 1.83 bits per heavy atom. The molecule has 0 fully saturated rings.